The van der Waals surface area contributed by atoms with Gasteiger partial charge in [-0.1, -0.05) is 19.1 Å². The van der Waals surface area contributed by atoms with Crippen molar-refractivity contribution in [3.8, 4) is 0 Å². The normalized spacial score (nSPS) is 22.3. The summed E-state index contributed by atoms with van der Waals surface area (Å²) in [5.41, 5.74) is 5.43. The minimum atomic E-state index is -0.0375. The summed E-state index contributed by atoms with van der Waals surface area (Å²) in [7, 11) is 0. The van der Waals surface area contributed by atoms with E-state index in [9.17, 15) is 4.79 Å². The predicted molar refractivity (Wildman–Crippen MR) is 62.6 cm³/mol. The molecule has 1 amide bonds. The molecule has 1 aliphatic heterocycles. The Labute approximate surface area is 95.5 Å². The number of thiocarbonyl (C=S) groups is 1. The summed E-state index contributed by atoms with van der Waals surface area (Å²) in [6.07, 6.45) is 2.67. The fourth-order valence-electron chi connectivity index (χ4n) is 1.48. The van der Waals surface area contributed by atoms with Crippen molar-refractivity contribution in [3.63, 3.8) is 0 Å². The molecule has 0 spiro atoms. The number of carbonyl (C=O) groups is 1. The van der Waals surface area contributed by atoms with Gasteiger partial charge in [-0.25, -0.2) is 0 Å². The van der Waals surface area contributed by atoms with Gasteiger partial charge in [0, 0.05) is 25.5 Å². The summed E-state index contributed by atoms with van der Waals surface area (Å²) < 4.78 is 5.39. The van der Waals surface area contributed by atoms with Gasteiger partial charge in [-0.2, -0.15) is 0 Å². The van der Waals surface area contributed by atoms with Crippen LogP contribution >= 0.6 is 12.2 Å². The molecule has 4 nitrogen and oxygen atoms in total. The molecule has 1 rings (SSSR count). The van der Waals surface area contributed by atoms with Crippen LogP contribution in [0.5, 0.6) is 0 Å². The van der Waals surface area contributed by atoms with E-state index >= 15 is 0 Å². The Kier molecular flexibility index (Phi) is 4.98. The molecule has 1 saturated heterocycles. The summed E-state index contributed by atoms with van der Waals surface area (Å²) in [5, 5.41) is 2.83. The van der Waals surface area contributed by atoms with Gasteiger partial charge in [-0.15, -0.1) is 0 Å². The van der Waals surface area contributed by atoms with Gasteiger partial charge in [0.2, 0.25) is 5.91 Å². The molecular formula is C10H18N2O2S. The lowest BCUT2D eigenvalue weighted by atomic mass is 10.1. The third-order valence-electron chi connectivity index (χ3n) is 2.53. The molecule has 0 bridgehead atoms. The lowest BCUT2D eigenvalue weighted by Crippen LogP contribution is -2.34. The minimum absolute atomic E-state index is 0.00852. The van der Waals surface area contributed by atoms with Crippen molar-refractivity contribution in [2.45, 2.75) is 32.3 Å². The smallest absolute Gasteiger partial charge is 0.220 e. The Morgan fingerprint density at radius 2 is 2.47 bits per heavy atom. The lowest BCUT2D eigenvalue weighted by molar-refractivity contribution is -0.122. The van der Waals surface area contributed by atoms with Gasteiger partial charge in [-0.05, 0) is 12.8 Å². The molecule has 0 radical (unpaired) electrons. The van der Waals surface area contributed by atoms with Crippen molar-refractivity contribution in [1.29, 1.82) is 0 Å². The van der Waals surface area contributed by atoms with Gasteiger partial charge in [0.15, 0.2) is 0 Å². The van der Waals surface area contributed by atoms with E-state index in [0.29, 0.717) is 18.0 Å². The highest BCUT2D eigenvalue weighted by Gasteiger charge is 2.17. The summed E-state index contributed by atoms with van der Waals surface area (Å²) in [4.78, 5) is 11.8. The molecular weight excluding hydrogens is 212 g/mol. The molecule has 0 saturated carbocycles. The van der Waals surface area contributed by atoms with E-state index in [2.05, 4.69) is 5.32 Å². The van der Waals surface area contributed by atoms with Crippen molar-refractivity contribution in [3.05, 3.63) is 0 Å². The number of amides is 1. The largest absolute Gasteiger partial charge is 0.393 e. The van der Waals surface area contributed by atoms with Crippen LogP contribution in [0.25, 0.3) is 0 Å². The zero-order valence-corrected chi connectivity index (χ0v) is 9.81. The molecule has 1 fully saturated rings. The van der Waals surface area contributed by atoms with Crippen LogP contribution in [0, 0.1) is 5.92 Å². The Bertz CT molecular complexity index is 240. The highest BCUT2D eigenvalue weighted by atomic mass is 32.1. The highest BCUT2D eigenvalue weighted by Crippen LogP contribution is 2.10. The van der Waals surface area contributed by atoms with Gasteiger partial charge in [-0.3, -0.25) is 4.79 Å². The van der Waals surface area contributed by atoms with Crippen molar-refractivity contribution in [2.24, 2.45) is 11.7 Å². The fraction of sp³-hybridized carbons (Fsp3) is 0.800. The number of hydrogen-bond acceptors (Lipinski definition) is 3. The average molecular weight is 230 g/mol. The van der Waals surface area contributed by atoms with E-state index < -0.39 is 0 Å². The van der Waals surface area contributed by atoms with Crippen LogP contribution in [-0.4, -0.2) is 30.2 Å². The van der Waals surface area contributed by atoms with Crippen molar-refractivity contribution in [2.75, 3.05) is 13.2 Å². The van der Waals surface area contributed by atoms with E-state index in [0.717, 1.165) is 19.4 Å². The van der Waals surface area contributed by atoms with Gasteiger partial charge >= 0.3 is 0 Å². The first-order valence-electron chi connectivity index (χ1n) is 5.27. The molecule has 15 heavy (non-hydrogen) atoms. The summed E-state index contributed by atoms with van der Waals surface area (Å²) in [6.45, 7) is 3.26. The maximum atomic E-state index is 11.4. The highest BCUT2D eigenvalue weighted by molar-refractivity contribution is 7.80. The second-order valence-corrected chi connectivity index (χ2v) is 4.42. The molecule has 0 aromatic carbocycles. The molecule has 1 heterocycles. The first-order valence-corrected chi connectivity index (χ1v) is 5.68. The van der Waals surface area contributed by atoms with Crippen LogP contribution < -0.4 is 11.1 Å². The van der Waals surface area contributed by atoms with Crippen molar-refractivity contribution in [1.82, 2.24) is 5.32 Å². The topological polar surface area (TPSA) is 64.3 Å². The second kappa shape index (κ2) is 6.02. The quantitative estimate of drug-likeness (QED) is 0.679. The fourth-order valence-corrected chi connectivity index (χ4v) is 1.57. The first kappa shape index (κ1) is 12.4. The van der Waals surface area contributed by atoms with Gasteiger partial charge in [0.1, 0.15) is 0 Å². The van der Waals surface area contributed by atoms with Gasteiger partial charge < -0.3 is 15.8 Å². The molecule has 3 N–H and O–H groups in total. The monoisotopic (exact) mass is 230 g/mol. The first-order chi connectivity index (χ1) is 7.09. The predicted octanol–water partition coefficient (Wildman–Crippen LogP) is 0.594. The van der Waals surface area contributed by atoms with Crippen LogP contribution in [0.2, 0.25) is 0 Å². The van der Waals surface area contributed by atoms with Crippen LogP contribution in [0.15, 0.2) is 0 Å². The van der Waals surface area contributed by atoms with E-state index in [1.165, 1.54) is 0 Å². The Hall–Kier alpha value is -0.680. The SMILES string of the molecule is CC(CC(=O)NCC1CCCO1)C(N)=S. The summed E-state index contributed by atoms with van der Waals surface area (Å²) in [5.74, 6) is -0.0460. The number of nitrogens with two attached hydrogens (primary N) is 1. The van der Waals surface area contributed by atoms with E-state index in [1.54, 1.807) is 0 Å². The maximum Gasteiger partial charge on any atom is 0.220 e. The van der Waals surface area contributed by atoms with E-state index in [-0.39, 0.29) is 17.9 Å². The maximum absolute atomic E-state index is 11.4. The van der Waals surface area contributed by atoms with Crippen LogP contribution in [0.3, 0.4) is 0 Å². The molecule has 1 aliphatic rings. The Balaban J connectivity index is 2.15. The minimum Gasteiger partial charge on any atom is -0.393 e. The molecule has 5 heteroatoms. The average Bonchev–Trinajstić information content (AvgIpc) is 2.66. The van der Waals surface area contributed by atoms with Crippen molar-refractivity contribution < 1.29 is 9.53 Å². The number of rotatable bonds is 5. The molecule has 86 valence electrons. The van der Waals surface area contributed by atoms with Crippen molar-refractivity contribution >= 4 is 23.1 Å². The summed E-state index contributed by atoms with van der Waals surface area (Å²) in [6, 6.07) is 0. The second-order valence-electron chi connectivity index (χ2n) is 3.95. The number of hydrogen-bond donors (Lipinski definition) is 2. The van der Waals surface area contributed by atoms with E-state index in [1.807, 2.05) is 6.92 Å². The Morgan fingerprint density at radius 1 is 1.73 bits per heavy atom. The number of ether oxygens (including phenoxy) is 1. The van der Waals surface area contributed by atoms with Crippen LogP contribution in [0.4, 0.5) is 0 Å². The zero-order valence-electron chi connectivity index (χ0n) is 8.99. The zero-order chi connectivity index (χ0) is 11.3. The van der Waals surface area contributed by atoms with Gasteiger partial charge in [0.25, 0.3) is 0 Å². The third kappa shape index (κ3) is 4.57. The number of carbonyl (C=O) groups excluding carboxylic acids is 1. The third-order valence-corrected chi connectivity index (χ3v) is 2.93. The van der Waals surface area contributed by atoms with E-state index in [4.69, 9.17) is 22.7 Å². The lowest BCUT2D eigenvalue weighted by Gasteiger charge is -2.12. The molecule has 2 unspecified atom stereocenters. The molecule has 2 atom stereocenters. The molecule has 0 aromatic heterocycles. The standard InChI is InChI=1S/C10H18N2O2S/c1-7(10(11)15)5-9(13)12-6-8-3-2-4-14-8/h7-8H,2-6H2,1H3,(H2,11,15)(H,12,13). The van der Waals surface area contributed by atoms with Gasteiger partial charge in [0.05, 0.1) is 11.1 Å². The van der Waals surface area contributed by atoms with Crippen LogP contribution in [0.1, 0.15) is 26.2 Å². The number of nitrogens with one attached hydrogen (secondary N) is 1. The van der Waals surface area contributed by atoms with Crippen LogP contribution in [-0.2, 0) is 9.53 Å². The summed E-state index contributed by atoms with van der Waals surface area (Å²) >= 11 is 4.80. The Morgan fingerprint density at radius 3 is 3.00 bits per heavy atom. The molecule has 0 aliphatic carbocycles. The molecule has 0 aromatic rings.